The maximum Gasteiger partial charge on any atom is 0.228 e. The molecule has 2 amide bonds. The van der Waals surface area contributed by atoms with Crippen molar-refractivity contribution in [3.8, 4) is 0 Å². The van der Waals surface area contributed by atoms with E-state index in [0.29, 0.717) is 0 Å². The number of hydrogen-bond donors (Lipinski definition) is 0. The second kappa shape index (κ2) is 7.49. The molecule has 2 aliphatic rings. The fraction of sp³-hybridized carbons (Fsp3) is 0.667. The summed E-state index contributed by atoms with van der Waals surface area (Å²) >= 11 is 0. The van der Waals surface area contributed by atoms with Crippen LogP contribution in [-0.4, -0.2) is 59.3 Å². The van der Waals surface area contributed by atoms with Crippen molar-refractivity contribution < 1.29 is 9.59 Å². The molecule has 0 spiro atoms. The van der Waals surface area contributed by atoms with Crippen molar-refractivity contribution >= 4 is 17.5 Å². The smallest absolute Gasteiger partial charge is 0.228 e. The Morgan fingerprint density at radius 1 is 1.07 bits per heavy atom. The summed E-state index contributed by atoms with van der Waals surface area (Å²) in [5, 5.41) is 0. The van der Waals surface area contributed by atoms with E-state index in [9.17, 15) is 9.59 Å². The van der Waals surface area contributed by atoms with Crippen LogP contribution in [-0.2, 0) is 9.59 Å². The molecule has 0 bridgehead atoms. The highest BCUT2D eigenvalue weighted by molar-refractivity contribution is 5.82. The number of piperazine rings is 1. The van der Waals surface area contributed by atoms with Gasteiger partial charge in [-0.25, -0.2) is 0 Å². The van der Waals surface area contributed by atoms with Crippen LogP contribution >= 0.6 is 0 Å². The molecule has 1 atom stereocenters. The van der Waals surface area contributed by atoms with Crippen LogP contribution in [0.5, 0.6) is 0 Å². The monoisotopic (exact) mass is 372 g/mol. The predicted molar refractivity (Wildman–Crippen MR) is 107 cm³/mol. The third-order valence-corrected chi connectivity index (χ3v) is 5.54. The number of pyridine rings is 1. The predicted octanol–water partition coefficient (Wildman–Crippen LogP) is 2.77. The number of rotatable bonds is 2. The Kier molecular flexibility index (Phi) is 5.45. The fourth-order valence-electron chi connectivity index (χ4n) is 4.06. The first kappa shape index (κ1) is 19.6. The summed E-state index contributed by atoms with van der Waals surface area (Å²) in [5.74, 6) is 0.341. The topological polar surface area (TPSA) is 56.8 Å². The van der Waals surface area contributed by atoms with E-state index in [1.165, 1.54) is 0 Å². The number of amides is 2. The van der Waals surface area contributed by atoms with Crippen LogP contribution in [0.3, 0.4) is 0 Å². The molecule has 0 aliphatic carbocycles. The average molecular weight is 373 g/mol. The maximum atomic E-state index is 12.9. The zero-order valence-corrected chi connectivity index (χ0v) is 17.3. The van der Waals surface area contributed by atoms with Crippen molar-refractivity contribution in [3.05, 3.63) is 23.5 Å². The summed E-state index contributed by atoms with van der Waals surface area (Å²) in [6, 6.07) is 4.32. The van der Waals surface area contributed by atoms with Crippen LogP contribution in [0.2, 0.25) is 0 Å². The van der Waals surface area contributed by atoms with E-state index >= 15 is 0 Å². The van der Waals surface area contributed by atoms with E-state index in [1.807, 2.05) is 37.5 Å². The molecule has 0 aromatic carbocycles. The van der Waals surface area contributed by atoms with Crippen molar-refractivity contribution in [2.75, 3.05) is 37.6 Å². The van der Waals surface area contributed by atoms with Crippen LogP contribution in [0.15, 0.2) is 12.1 Å². The molecular formula is C21H32N4O2. The minimum Gasteiger partial charge on any atom is -0.368 e. The van der Waals surface area contributed by atoms with Gasteiger partial charge >= 0.3 is 0 Å². The largest absolute Gasteiger partial charge is 0.368 e. The maximum absolute atomic E-state index is 12.9. The summed E-state index contributed by atoms with van der Waals surface area (Å²) in [6.07, 6.45) is 1.99. The molecular weight excluding hydrogens is 340 g/mol. The second-order valence-corrected chi connectivity index (χ2v) is 8.79. The second-order valence-electron chi connectivity index (χ2n) is 8.79. The van der Waals surface area contributed by atoms with Gasteiger partial charge in [0.25, 0.3) is 0 Å². The van der Waals surface area contributed by atoms with Gasteiger partial charge in [0.1, 0.15) is 0 Å². The number of aryl methyl sites for hydroxylation is 1. The van der Waals surface area contributed by atoms with Crippen LogP contribution in [0.1, 0.15) is 58.0 Å². The van der Waals surface area contributed by atoms with Crippen molar-refractivity contribution in [1.29, 1.82) is 0 Å². The summed E-state index contributed by atoms with van der Waals surface area (Å²) in [5.41, 5.74) is 2.74. The van der Waals surface area contributed by atoms with Gasteiger partial charge in [0.05, 0.1) is 11.7 Å². The van der Waals surface area contributed by atoms with E-state index in [1.54, 1.807) is 6.92 Å². The van der Waals surface area contributed by atoms with Crippen LogP contribution in [0.25, 0.3) is 0 Å². The van der Waals surface area contributed by atoms with Gasteiger partial charge < -0.3 is 14.7 Å². The van der Waals surface area contributed by atoms with Crippen LogP contribution in [0, 0.1) is 12.3 Å². The minimum atomic E-state index is -0.377. The van der Waals surface area contributed by atoms with Gasteiger partial charge in [0, 0.05) is 56.4 Å². The molecule has 0 N–H and O–H groups in total. The molecule has 1 aromatic heterocycles. The lowest BCUT2D eigenvalue weighted by Gasteiger charge is -2.36. The molecule has 148 valence electrons. The van der Waals surface area contributed by atoms with Crippen LogP contribution < -0.4 is 4.90 Å². The molecule has 2 saturated heterocycles. The summed E-state index contributed by atoms with van der Waals surface area (Å²) in [6.45, 7) is 13.6. The molecule has 0 radical (unpaired) electrons. The number of hydrogen-bond acceptors (Lipinski definition) is 4. The lowest BCUT2D eigenvalue weighted by Crippen LogP contribution is -2.48. The van der Waals surface area contributed by atoms with Gasteiger partial charge in [-0.05, 0) is 31.9 Å². The van der Waals surface area contributed by atoms with Crippen molar-refractivity contribution in [1.82, 2.24) is 14.8 Å². The Morgan fingerprint density at radius 3 is 2.33 bits per heavy atom. The quantitative estimate of drug-likeness (QED) is 0.801. The third kappa shape index (κ3) is 4.25. The summed E-state index contributed by atoms with van der Waals surface area (Å²) in [4.78, 5) is 35.5. The van der Waals surface area contributed by atoms with Crippen molar-refractivity contribution in [2.24, 2.45) is 5.41 Å². The van der Waals surface area contributed by atoms with E-state index < -0.39 is 0 Å². The Morgan fingerprint density at radius 2 is 1.74 bits per heavy atom. The Hall–Kier alpha value is -2.11. The highest BCUT2D eigenvalue weighted by atomic mass is 16.2. The lowest BCUT2D eigenvalue weighted by molar-refractivity contribution is -0.140. The van der Waals surface area contributed by atoms with Gasteiger partial charge in [0.2, 0.25) is 11.8 Å². The Labute approximate surface area is 162 Å². The van der Waals surface area contributed by atoms with Crippen molar-refractivity contribution in [3.63, 3.8) is 0 Å². The Balaban J connectivity index is 1.81. The Bertz CT molecular complexity index is 717. The zero-order chi connectivity index (χ0) is 19.8. The third-order valence-electron chi connectivity index (χ3n) is 5.54. The first-order valence-corrected chi connectivity index (χ1v) is 9.97. The molecule has 3 heterocycles. The van der Waals surface area contributed by atoms with Gasteiger partial charge in [-0.3, -0.25) is 14.6 Å². The highest BCUT2D eigenvalue weighted by Gasteiger charge is 2.36. The normalized spacial score (nSPS) is 20.9. The number of carbonyl (C=O) groups excluding carboxylic acids is 2. The fourth-order valence-corrected chi connectivity index (χ4v) is 4.06. The standard InChI is InChI=1S/C21H32N4O2/c1-15-13-17(24-11-9-23(10-12-24)16(2)26)14-18(22-15)19-7-6-8-25(19)20(27)21(3,4)5/h13-14,19H,6-12H2,1-5H3/t19-/m1/s1. The number of likely N-dealkylation sites (tertiary alicyclic amines) is 1. The van der Waals surface area contributed by atoms with E-state index in [0.717, 1.165) is 62.6 Å². The number of nitrogens with zero attached hydrogens (tertiary/aromatic N) is 4. The molecule has 0 unspecified atom stereocenters. The van der Waals surface area contributed by atoms with Gasteiger partial charge in [-0.15, -0.1) is 0 Å². The van der Waals surface area contributed by atoms with Gasteiger partial charge in [-0.1, -0.05) is 20.8 Å². The molecule has 6 nitrogen and oxygen atoms in total. The molecule has 0 saturated carbocycles. The molecule has 6 heteroatoms. The van der Waals surface area contributed by atoms with Crippen molar-refractivity contribution in [2.45, 2.75) is 53.5 Å². The first-order chi connectivity index (χ1) is 12.7. The number of aromatic nitrogens is 1. The molecule has 2 aliphatic heterocycles. The van der Waals surface area contributed by atoms with Gasteiger partial charge in [-0.2, -0.15) is 0 Å². The average Bonchev–Trinajstić information content (AvgIpc) is 3.09. The highest BCUT2D eigenvalue weighted by Crippen LogP contribution is 2.36. The minimum absolute atomic E-state index is 0.0638. The summed E-state index contributed by atoms with van der Waals surface area (Å²) < 4.78 is 0. The molecule has 27 heavy (non-hydrogen) atoms. The van der Waals surface area contributed by atoms with Gasteiger partial charge in [0.15, 0.2) is 0 Å². The summed E-state index contributed by atoms with van der Waals surface area (Å²) in [7, 11) is 0. The zero-order valence-electron chi connectivity index (χ0n) is 17.3. The number of anilines is 1. The molecule has 3 rings (SSSR count). The first-order valence-electron chi connectivity index (χ1n) is 9.97. The molecule has 1 aromatic rings. The lowest BCUT2D eigenvalue weighted by atomic mass is 9.94. The number of carbonyl (C=O) groups is 2. The molecule has 2 fully saturated rings. The van der Waals surface area contributed by atoms with Crippen LogP contribution in [0.4, 0.5) is 5.69 Å². The van der Waals surface area contributed by atoms with E-state index in [2.05, 4.69) is 17.0 Å². The van der Waals surface area contributed by atoms with E-state index in [-0.39, 0.29) is 23.3 Å². The SMILES string of the molecule is CC(=O)N1CCN(c2cc(C)nc([C@H]3CCCN3C(=O)C(C)(C)C)c2)CC1. The van der Waals surface area contributed by atoms with E-state index in [4.69, 9.17) is 4.98 Å².